The van der Waals surface area contributed by atoms with Crippen LogP contribution in [0, 0.1) is 5.92 Å². The second kappa shape index (κ2) is 7.26. The highest BCUT2D eigenvalue weighted by Gasteiger charge is 2.35. The van der Waals surface area contributed by atoms with E-state index in [-0.39, 0.29) is 0 Å². The van der Waals surface area contributed by atoms with Gasteiger partial charge < -0.3 is 5.32 Å². The summed E-state index contributed by atoms with van der Waals surface area (Å²) in [6.07, 6.45) is 6.74. The minimum Gasteiger partial charge on any atom is -0.316 e. The molecule has 2 unspecified atom stereocenters. The number of halogens is 1. The Bertz CT molecular complexity index is 435. The molecular weight excluding hydrogens is 324 g/mol. The predicted molar refractivity (Wildman–Crippen MR) is 92.5 cm³/mol. The predicted octanol–water partition coefficient (Wildman–Crippen LogP) is 4.36. The molecule has 2 fully saturated rings. The Labute approximate surface area is 137 Å². The second-order valence-corrected chi connectivity index (χ2v) is 7.53. The summed E-state index contributed by atoms with van der Waals surface area (Å²) in [7, 11) is 0. The molecule has 1 aromatic carbocycles. The summed E-state index contributed by atoms with van der Waals surface area (Å²) in [4.78, 5) is 2.81. The molecule has 3 rings (SSSR count). The fourth-order valence-electron chi connectivity index (χ4n) is 3.66. The largest absolute Gasteiger partial charge is 0.316 e. The van der Waals surface area contributed by atoms with E-state index in [1.807, 2.05) is 0 Å². The van der Waals surface area contributed by atoms with Gasteiger partial charge in [0.05, 0.1) is 0 Å². The van der Waals surface area contributed by atoms with Crippen molar-refractivity contribution in [2.24, 2.45) is 5.92 Å². The van der Waals surface area contributed by atoms with Gasteiger partial charge in [-0.2, -0.15) is 0 Å². The van der Waals surface area contributed by atoms with Crippen molar-refractivity contribution in [2.75, 3.05) is 19.6 Å². The van der Waals surface area contributed by atoms with Crippen LogP contribution in [0.4, 0.5) is 0 Å². The first-order valence-corrected chi connectivity index (χ1v) is 9.29. The standard InChI is InChI=1S/C18H27BrN2/c1-2-18(15-5-7-16(19)8-6-15)21(17-9-10-17)13-14-4-3-11-20-12-14/h5-8,14,17-18,20H,2-4,9-13H2,1H3. The highest BCUT2D eigenvalue weighted by molar-refractivity contribution is 9.10. The molecule has 2 nitrogen and oxygen atoms in total. The van der Waals surface area contributed by atoms with Crippen molar-refractivity contribution in [3.05, 3.63) is 34.3 Å². The van der Waals surface area contributed by atoms with E-state index in [2.05, 4.69) is 57.3 Å². The number of hydrogen-bond acceptors (Lipinski definition) is 2. The maximum atomic E-state index is 3.57. The third kappa shape index (κ3) is 4.08. The molecule has 0 bridgehead atoms. The second-order valence-electron chi connectivity index (χ2n) is 6.62. The van der Waals surface area contributed by atoms with Crippen LogP contribution < -0.4 is 5.32 Å². The quantitative estimate of drug-likeness (QED) is 0.819. The number of nitrogens with zero attached hydrogens (tertiary/aromatic N) is 1. The van der Waals surface area contributed by atoms with Gasteiger partial charge in [-0.3, -0.25) is 4.90 Å². The smallest absolute Gasteiger partial charge is 0.0348 e. The van der Waals surface area contributed by atoms with Gasteiger partial charge in [0.1, 0.15) is 0 Å². The zero-order valence-electron chi connectivity index (χ0n) is 13.0. The van der Waals surface area contributed by atoms with Crippen LogP contribution in [-0.4, -0.2) is 30.6 Å². The average molecular weight is 351 g/mol. The number of piperidine rings is 1. The first kappa shape index (κ1) is 15.5. The molecule has 0 spiro atoms. The third-order valence-corrected chi connectivity index (χ3v) is 5.45. The number of rotatable bonds is 6. The van der Waals surface area contributed by atoms with E-state index >= 15 is 0 Å². The summed E-state index contributed by atoms with van der Waals surface area (Å²) in [5.41, 5.74) is 1.48. The van der Waals surface area contributed by atoms with Crippen LogP contribution in [0.25, 0.3) is 0 Å². The van der Waals surface area contributed by atoms with Crippen LogP contribution in [0.1, 0.15) is 50.6 Å². The van der Waals surface area contributed by atoms with Crippen molar-refractivity contribution in [3.8, 4) is 0 Å². The number of hydrogen-bond donors (Lipinski definition) is 1. The van der Waals surface area contributed by atoms with E-state index in [1.165, 1.54) is 61.8 Å². The van der Waals surface area contributed by atoms with E-state index in [9.17, 15) is 0 Å². The van der Waals surface area contributed by atoms with Crippen LogP contribution in [0.2, 0.25) is 0 Å². The molecule has 2 atom stereocenters. The molecule has 1 aliphatic heterocycles. The van der Waals surface area contributed by atoms with Gasteiger partial charge in [-0.15, -0.1) is 0 Å². The highest BCUT2D eigenvalue weighted by Crippen LogP contribution is 2.37. The molecule has 0 radical (unpaired) electrons. The lowest BCUT2D eigenvalue weighted by Gasteiger charge is -2.36. The lowest BCUT2D eigenvalue weighted by molar-refractivity contribution is 0.140. The van der Waals surface area contributed by atoms with Gasteiger partial charge in [0.2, 0.25) is 0 Å². The van der Waals surface area contributed by atoms with Crippen molar-refractivity contribution in [1.29, 1.82) is 0 Å². The Kier molecular flexibility index (Phi) is 5.36. The van der Waals surface area contributed by atoms with Crippen molar-refractivity contribution in [3.63, 3.8) is 0 Å². The summed E-state index contributed by atoms with van der Waals surface area (Å²) < 4.78 is 1.18. The van der Waals surface area contributed by atoms with Crippen LogP contribution in [0.5, 0.6) is 0 Å². The third-order valence-electron chi connectivity index (χ3n) is 4.93. The highest BCUT2D eigenvalue weighted by atomic mass is 79.9. The Morgan fingerprint density at radius 2 is 2.00 bits per heavy atom. The minimum absolute atomic E-state index is 0.590. The van der Waals surface area contributed by atoms with Crippen molar-refractivity contribution >= 4 is 15.9 Å². The Morgan fingerprint density at radius 1 is 1.24 bits per heavy atom. The zero-order chi connectivity index (χ0) is 14.7. The summed E-state index contributed by atoms with van der Waals surface area (Å²) in [5, 5.41) is 3.57. The fraction of sp³-hybridized carbons (Fsp3) is 0.667. The molecule has 3 heteroatoms. The molecule has 0 amide bonds. The summed E-state index contributed by atoms with van der Waals surface area (Å²) in [5.74, 6) is 0.837. The Morgan fingerprint density at radius 3 is 2.57 bits per heavy atom. The average Bonchev–Trinajstić information content (AvgIpc) is 3.34. The fourth-order valence-corrected chi connectivity index (χ4v) is 3.93. The van der Waals surface area contributed by atoms with Crippen molar-refractivity contribution in [2.45, 2.75) is 51.1 Å². The Balaban J connectivity index is 1.72. The molecule has 21 heavy (non-hydrogen) atoms. The van der Waals surface area contributed by atoms with Gasteiger partial charge >= 0.3 is 0 Å². The Hall–Kier alpha value is -0.380. The molecule has 1 aromatic rings. The van der Waals surface area contributed by atoms with Gasteiger partial charge in [-0.1, -0.05) is 35.0 Å². The molecule has 1 heterocycles. The molecular formula is C18H27BrN2. The van der Waals surface area contributed by atoms with Crippen LogP contribution in [0.15, 0.2) is 28.7 Å². The minimum atomic E-state index is 0.590. The molecule has 0 aromatic heterocycles. The van der Waals surface area contributed by atoms with Gasteiger partial charge in [0.15, 0.2) is 0 Å². The first-order chi connectivity index (χ1) is 10.3. The van der Waals surface area contributed by atoms with E-state index in [0.717, 1.165) is 12.0 Å². The normalized spacial score (nSPS) is 24.2. The molecule has 1 saturated carbocycles. The topological polar surface area (TPSA) is 15.3 Å². The van der Waals surface area contributed by atoms with Gasteiger partial charge in [-0.05, 0) is 68.8 Å². The van der Waals surface area contributed by atoms with E-state index in [0.29, 0.717) is 6.04 Å². The van der Waals surface area contributed by atoms with Crippen molar-refractivity contribution in [1.82, 2.24) is 10.2 Å². The monoisotopic (exact) mass is 350 g/mol. The molecule has 1 aliphatic carbocycles. The lowest BCUT2D eigenvalue weighted by Crippen LogP contribution is -2.40. The molecule has 1 N–H and O–H groups in total. The molecule has 116 valence electrons. The van der Waals surface area contributed by atoms with Crippen LogP contribution in [0.3, 0.4) is 0 Å². The zero-order valence-corrected chi connectivity index (χ0v) is 14.6. The lowest BCUT2D eigenvalue weighted by atomic mass is 9.96. The maximum Gasteiger partial charge on any atom is 0.0348 e. The van der Waals surface area contributed by atoms with E-state index in [4.69, 9.17) is 0 Å². The number of nitrogens with one attached hydrogen (secondary N) is 1. The van der Waals surface area contributed by atoms with Gasteiger partial charge in [0.25, 0.3) is 0 Å². The maximum absolute atomic E-state index is 3.57. The first-order valence-electron chi connectivity index (χ1n) is 8.50. The molecule has 2 aliphatic rings. The summed E-state index contributed by atoms with van der Waals surface area (Å²) in [6.45, 7) is 6.03. The van der Waals surface area contributed by atoms with E-state index in [1.54, 1.807) is 0 Å². The molecule has 1 saturated heterocycles. The summed E-state index contributed by atoms with van der Waals surface area (Å²) >= 11 is 3.55. The van der Waals surface area contributed by atoms with E-state index < -0.39 is 0 Å². The van der Waals surface area contributed by atoms with Gasteiger partial charge in [-0.25, -0.2) is 0 Å². The summed E-state index contributed by atoms with van der Waals surface area (Å²) in [6, 6.07) is 10.4. The van der Waals surface area contributed by atoms with Crippen LogP contribution in [-0.2, 0) is 0 Å². The van der Waals surface area contributed by atoms with Crippen LogP contribution >= 0.6 is 15.9 Å². The van der Waals surface area contributed by atoms with Gasteiger partial charge in [0, 0.05) is 23.1 Å². The SMILES string of the molecule is CCC(c1ccc(Br)cc1)N(CC1CCCNC1)C1CC1. The number of benzene rings is 1. The van der Waals surface area contributed by atoms with Crippen molar-refractivity contribution < 1.29 is 0 Å².